The Morgan fingerprint density at radius 2 is 1.79 bits per heavy atom. The number of carbonyl (C=O) groups excluding carboxylic acids is 1. The maximum Gasteiger partial charge on any atom is 0.251 e. The van der Waals surface area contributed by atoms with Crippen LogP contribution >= 0.6 is 11.8 Å². The molecule has 151 valence electrons. The van der Waals surface area contributed by atoms with Crippen LogP contribution in [-0.4, -0.2) is 23.3 Å². The number of ether oxygens (including phenoxy) is 2. The first-order valence-corrected chi connectivity index (χ1v) is 10.3. The third-order valence-electron chi connectivity index (χ3n) is 3.70. The van der Waals surface area contributed by atoms with Gasteiger partial charge in [-0.1, -0.05) is 26.8 Å². The van der Waals surface area contributed by atoms with Gasteiger partial charge in [0.05, 0.1) is 7.11 Å². The Hall–Kier alpha value is -2.14. The molecule has 0 heterocycles. The van der Waals surface area contributed by atoms with Gasteiger partial charge in [0.2, 0.25) is 0 Å². The van der Waals surface area contributed by atoms with E-state index in [1.165, 1.54) is 0 Å². The van der Waals surface area contributed by atoms with Crippen molar-refractivity contribution in [3.63, 3.8) is 0 Å². The van der Waals surface area contributed by atoms with Gasteiger partial charge in [0.1, 0.15) is 5.75 Å². The molecule has 0 aliphatic heterocycles. The van der Waals surface area contributed by atoms with E-state index >= 15 is 0 Å². The predicted octanol–water partition coefficient (Wildman–Crippen LogP) is 5.85. The van der Waals surface area contributed by atoms with Crippen molar-refractivity contribution in [1.82, 2.24) is 5.32 Å². The smallest absolute Gasteiger partial charge is 0.251 e. The van der Waals surface area contributed by atoms with Crippen LogP contribution in [0.15, 0.2) is 36.4 Å². The molecule has 0 saturated heterocycles. The lowest BCUT2D eigenvalue weighted by atomic mass is 10.1. The maximum atomic E-state index is 12.6. The monoisotopic (exact) mass is 400 g/mol. The van der Waals surface area contributed by atoms with Crippen LogP contribution in [0.3, 0.4) is 0 Å². The molecule has 5 heteroatoms. The second-order valence-corrected chi connectivity index (χ2v) is 10.4. The van der Waals surface area contributed by atoms with Crippen LogP contribution < -0.4 is 14.8 Å². The van der Waals surface area contributed by atoms with Gasteiger partial charge in [-0.05, 0) is 57.2 Å². The van der Waals surface area contributed by atoms with Crippen molar-refractivity contribution in [2.45, 2.75) is 57.6 Å². The van der Waals surface area contributed by atoms with E-state index in [2.05, 4.69) is 32.2 Å². The fourth-order valence-corrected chi connectivity index (χ4v) is 3.22. The highest BCUT2D eigenvalue weighted by Gasteiger charge is 2.19. The van der Waals surface area contributed by atoms with Crippen molar-refractivity contribution < 1.29 is 14.3 Å². The molecule has 28 heavy (non-hydrogen) atoms. The zero-order chi connectivity index (χ0) is 20.9. The Kier molecular flexibility index (Phi) is 7.05. The minimum atomic E-state index is -0.292. The quantitative estimate of drug-likeness (QED) is 0.661. The Balaban J connectivity index is 2.36. The molecule has 1 radical (unpaired) electrons. The molecule has 0 aromatic heterocycles. The van der Waals surface area contributed by atoms with Gasteiger partial charge in [-0.15, -0.1) is 0 Å². The average molecular weight is 401 g/mol. The van der Waals surface area contributed by atoms with E-state index in [0.717, 1.165) is 11.3 Å². The lowest BCUT2D eigenvalue weighted by molar-refractivity contribution is 0.0919. The van der Waals surface area contributed by atoms with Crippen molar-refractivity contribution >= 4 is 17.7 Å². The number of benzene rings is 2. The summed E-state index contributed by atoms with van der Waals surface area (Å²) < 4.78 is 11.6. The van der Waals surface area contributed by atoms with Crippen molar-refractivity contribution in [1.29, 1.82) is 0 Å². The van der Waals surface area contributed by atoms with Crippen LogP contribution in [0, 0.1) is 6.07 Å². The third kappa shape index (κ3) is 6.79. The second kappa shape index (κ2) is 8.91. The van der Waals surface area contributed by atoms with Gasteiger partial charge < -0.3 is 14.8 Å². The van der Waals surface area contributed by atoms with Crippen LogP contribution in [0.2, 0.25) is 0 Å². The third-order valence-corrected chi connectivity index (χ3v) is 5.02. The molecule has 2 rings (SSSR count). The maximum absolute atomic E-state index is 12.6. The molecule has 0 unspecified atom stereocenters. The number of rotatable bonds is 6. The van der Waals surface area contributed by atoms with Crippen LogP contribution in [-0.2, 0) is 5.75 Å². The van der Waals surface area contributed by atoms with E-state index < -0.39 is 0 Å². The van der Waals surface area contributed by atoms with Crippen LogP contribution in [0.5, 0.6) is 17.2 Å². The summed E-state index contributed by atoms with van der Waals surface area (Å²) in [6, 6.07) is 13.9. The zero-order valence-electron chi connectivity index (χ0n) is 17.8. The minimum absolute atomic E-state index is 0.0910. The van der Waals surface area contributed by atoms with E-state index in [1.54, 1.807) is 37.1 Å². The molecule has 0 aliphatic rings. The topological polar surface area (TPSA) is 47.6 Å². The number of hydrogen-bond donors (Lipinski definition) is 1. The summed E-state index contributed by atoms with van der Waals surface area (Å²) in [5.41, 5.74) is 1.30. The minimum Gasteiger partial charge on any atom is -0.493 e. The SMILES string of the molecule is COc1cc[c]cc1Oc1ccc(C(=O)NC(C)(C)C)cc1CSC(C)(C)C. The molecule has 2 aromatic carbocycles. The summed E-state index contributed by atoms with van der Waals surface area (Å²) in [4.78, 5) is 12.6. The summed E-state index contributed by atoms with van der Waals surface area (Å²) >= 11 is 1.80. The van der Waals surface area contributed by atoms with E-state index in [0.29, 0.717) is 22.8 Å². The highest BCUT2D eigenvalue weighted by Crippen LogP contribution is 2.36. The van der Waals surface area contributed by atoms with Crippen LogP contribution in [0.1, 0.15) is 57.5 Å². The number of hydrogen-bond acceptors (Lipinski definition) is 4. The molecule has 0 aliphatic carbocycles. The number of amides is 1. The summed E-state index contributed by atoms with van der Waals surface area (Å²) in [5.74, 6) is 2.59. The molecule has 0 bridgehead atoms. The molecule has 2 aromatic rings. The van der Waals surface area contributed by atoms with Gasteiger partial charge in [0.25, 0.3) is 5.91 Å². The lowest BCUT2D eigenvalue weighted by Gasteiger charge is -2.22. The molecular formula is C23H30NO3S. The first kappa shape index (κ1) is 22.2. The number of carbonyl (C=O) groups is 1. The van der Waals surface area contributed by atoms with Gasteiger partial charge in [0.15, 0.2) is 11.5 Å². The fraction of sp³-hybridized carbons (Fsp3) is 0.435. The van der Waals surface area contributed by atoms with Gasteiger partial charge in [-0.25, -0.2) is 0 Å². The van der Waals surface area contributed by atoms with E-state index in [4.69, 9.17) is 9.47 Å². The van der Waals surface area contributed by atoms with Gasteiger partial charge in [-0.3, -0.25) is 4.79 Å². The van der Waals surface area contributed by atoms with Gasteiger partial charge >= 0.3 is 0 Å². The molecule has 0 atom stereocenters. The summed E-state index contributed by atoms with van der Waals surface area (Å²) in [6.45, 7) is 12.4. The van der Waals surface area contributed by atoms with Crippen molar-refractivity contribution in [2.75, 3.05) is 7.11 Å². The normalized spacial score (nSPS) is 11.8. The Labute approximate surface area is 173 Å². The van der Waals surface area contributed by atoms with Crippen molar-refractivity contribution in [2.24, 2.45) is 0 Å². The molecule has 0 saturated carbocycles. The van der Waals surface area contributed by atoms with Crippen molar-refractivity contribution in [3.8, 4) is 17.2 Å². The Morgan fingerprint density at radius 3 is 2.39 bits per heavy atom. The van der Waals surface area contributed by atoms with E-state index in [1.807, 2.05) is 39.0 Å². The van der Waals surface area contributed by atoms with Crippen molar-refractivity contribution in [3.05, 3.63) is 53.6 Å². The standard InChI is InChI=1S/C23H30NO3S/c1-22(2,3)24-21(25)16-12-13-18(17(14-16)15-28-23(4,5)6)27-20-11-9-8-10-19(20)26-7/h8,10-14H,15H2,1-7H3,(H,24,25). The highest BCUT2D eigenvalue weighted by molar-refractivity contribution is 7.99. The molecule has 1 amide bonds. The molecular weight excluding hydrogens is 370 g/mol. The molecule has 1 N–H and O–H groups in total. The summed E-state index contributed by atoms with van der Waals surface area (Å²) in [5, 5.41) is 3.01. The Morgan fingerprint density at radius 1 is 1.07 bits per heavy atom. The molecule has 0 fully saturated rings. The van der Waals surface area contributed by atoms with Gasteiger partial charge in [0, 0.05) is 27.2 Å². The molecule has 4 nitrogen and oxygen atoms in total. The van der Waals surface area contributed by atoms with E-state index in [-0.39, 0.29) is 16.2 Å². The first-order valence-electron chi connectivity index (χ1n) is 9.30. The summed E-state index contributed by atoms with van der Waals surface area (Å²) in [7, 11) is 1.61. The first-order chi connectivity index (χ1) is 13.0. The van der Waals surface area contributed by atoms with Crippen LogP contribution in [0.25, 0.3) is 0 Å². The largest absolute Gasteiger partial charge is 0.493 e. The highest BCUT2D eigenvalue weighted by atomic mass is 32.2. The average Bonchev–Trinajstić information content (AvgIpc) is 2.59. The number of thioether (sulfide) groups is 1. The lowest BCUT2D eigenvalue weighted by Crippen LogP contribution is -2.40. The fourth-order valence-electron chi connectivity index (χ4n) is 2.41. The number of nitrogens with one attached hydrogen (secondary N) is 1. The Bertz CT molecular complexity index is 819. The predicted molar refractivity (Wildman–Crippen MR) is 117 cm³/mol. The van der Waals surface area contributed by atoms with Gasteiger partial charge in [-0.2, -0.15) is 11.8 Å². The van der Waals surface area contributed by atoms with Crippen LogP contribution in [0.4, 0.5) is 0 Å². The number of methoxy groups -OCH3 is 1. The molecule has 0 spiro atoms. The van der Waals surface area contributed by atoms with E-state index in [9.17, 15) is 4.79 Å². The summed E-state index contributed by atoms with van der Waals surface area (Å²) in [6.07, 6.45) is 0. The zero-order valence-corrected chi connectivity index (χ0v) is 18.6. The second-order valence-electron chi connectivity index (χ2n) is 8.61.